The number of nitrogen functional groups attached to an aromatic ring is 1. The number of nitrogens with zero attached hydrogens (tertiary/aromatic N) is 1. The fraction of sp³-hybridized carbons (Fsp3) is 0.300. The number of thiophene rings is 1. The zero-order valence-electron chi connectivity index (χ0n) is 14.9. The van der Waals surface area contributed by atoms with Crippen molar-refractivity contribution in [3.8, 4) is 0 Å². The number of nitrogens with two attached hydrogens (primary N) is 1. The van der Waals surface area contributed by atoms with E-state index < -0.39 is 0 Å². The third kappa shape index (κ3) is 3.28. The minimum atomic E-state index is -0.276. The van der Waals surface area contributed by atoms with Crippen molar-refractivity contribution in [2.24, 2.45) is 0 Å². The molecule has 1 aromatic carbocycles. The summed E-state index contributed by atoms with van der Waals surface area (Å²) in [6, 6.07) is 4.96. The Kier molecular flexibility index (Phi) is 5.01. The number of fused-ring (bicyclic) bond motifs is 3. The molecule has 1 aliphatic carbocycles. The van der Waals surface area contributed by atoms with E-state index in [0.717, 1.165) is 41.6 Å². The third-order valence-corrected chi connectivity index (χ3v) is 6.65. The maximum Gasteiger partial charge on any atom is 0.267 e. The molecule has 7 heteroatoms. The predicted octanol–water partition coefficient (Wildman–Crippen LogP) is 5.88. The van der Waals surface area contributed by atoms with Gasteiger partial charge < -0.3 is 11.1 Å². The second-order valence-electron chi connectivity index (χ2n) is 6.68. The van der Waals surface area contributed by atoms with Gasteiger partial charge in [-0.2, -0.15) is 0 Å². The van der Waals surface area contributed by atoms with Gasteiger partial charge in [-0.1, -0.05) is 30.1 Å². The quantitative estimate of drug-likeness (QED) is 0.556. The Morgan fingerprint density at radius 1 is 1.26 bits per heavy atom. The van der Waals surface area contributed by atoms with Crippen molar-refractivity contribution in [3.63, 3.8) is 0 Å². The number of carbonyl (C=O) groups is 1. The zero-order valence-corrected chi connectivity index (χ0v) is 17.2. The molecule has 2 aromatic heterocycles. The molecule has 27 heavy (non-hydrogen) atoms. The molecule has 2 heterocycles. The highest BCUT2D eigenvalue weighted by Crippen LogP contribution is 2.40. The highest BCUT2D eigenvalue weighted by atomic mass is 35.5. The molecule has 0 spiro atoms. The van der Waals surface area contributed by atoms with Crippen LogP contribution in [0.15, 0.2) is 18.2 Å². The van der Waals surface area contributed by atoms with Gasteiger partial charge in [0, 0.05) is 16.1 Å². The van der Waals surface area contributed by atoms with Gasteiger partial charge in [0.1, 0.15) is 9.71 Å². The van der Waals surface area contributed by atoms with Gasteiger partial charge in [-0.05, 0) is 61.4 Å². The summed E-state index contributed by atoms with van der Waals surface area (Å²) in [5.41, 5.74) is 11.2. The van der Waals surface area contributed by atoms with Gasteiger partial charge in [0.25, 0.3) is 5.91 Å². The summed E-state index contributed by atoms with van der Waals surface area (Å²) in [6.07, 6.45) is 5.25. The number of hydrogen-bond acceptors (Lipinski definition) is 4. The van der Waals surface area contributed by atoms with Gasteiger partial charge in [0.05, 0.1) is 16.4 Å². The Labute approximate surface area is 171 Å². The van der Waals surface area contributed by atoms with Crippen LogP contribution in [-0.4, -0.2) is 10.9 Å². The van der Waals surface area contributed by atoms with Crippen molar-refractivity contribution < 1.29 is 4.79 Å². The Hall–Kier alpha value is -1.82. The molecule has 4 rings (SSSR count). The smallest absolute Gasteiger partial charge is 0.267 e. The van der Waals surface area contributed by atoms with Crippen molar-refractivity contribution in [1.82, 2.24) is 4.98 Å². The van der Waals surface area contributed by atoms with E-state index in [4.69, 9.17) is 33.9 Å². The monoisotopic (exact) mass is 419 g/mol. The Bertz CT molecular complexity index is 1060. The van der Waals surface area contributed by atoms with E-state index in [0.29, 0.717) is 26.3 Å². The lowest BCUT2D eigenvalue weighted by molar-refractivity contribution is 0.103. The van der Waals surface area contributed by atoms with Crippen molar-refractivity contribution in [2.45, 2.75) is 39.0 Å². The lowest BCUT2D eigenvalue weighted by atomic mass is 9.88. The SMILES string of the molecule is CCc1nc2sc(C(=O)Nc3ccc(Cl)cc3Cl)c(N)c2c2c1CCCC2. The van der Waals surface area contributed by atoms with E-state index in [2.05, 4.69) is 12.2 Å². The molecule has 0 fully saturated rings. The first-order valence-corrected chi connectivity index (χ1v) is 10.6. The first kappa shape index (κ1) is 18.5. The van der Waals surface area contributed by atoms with Gasteiger partial charge in [-0.3, -0.25) is 4.79 Å². The summed E-state index contributed by atoms with van der Waals surface area (Å²) in [6.45, 7) is 2.12. The van der Waals surface area contributed by atoms with Crippen LogP contribution in [0.2, 0.25) is 10.0 Å². The summed E-state index contributed by atoms with van der Waals surface area (Å²) < 4.78 is 0. The molecule has 4 nitrogen and oxygen atoms in total. The van der Waals surface area contributed by atoms with E-state index in [1.54, 1.807) is 18.2 Å². The van der Waals surface area contributed by atoms with Gasteiger partial charge in [0.15, 0.2) is 0 Å². The van der Waals surface area contributed by atoms with Crippen LogP contribution in [0.25, 0.3) is 10.2 Å². The van der Waals surface area contributed by atoms with Crippen LogP contribution >= 0.6 is 34.5 Å². The van der Waals surface area contributed by atoms with Gasteiger partial charge in [-0.25, -0.2) is 4.98 Å². The number of halogens is 2. The van der Waals surface area contributed by atoms with E-state index in [-0.39, 0.29) is 5.91 Å². The maximum absolute atomic E-state index is 12.9. The lowest BCUT2D eigenvalue weighted by Gasteiger charge is -2.19. The molecule has 0 saturated carbocycles. The largest absolute Gasteiger partial charge is 0.397 e. The number of pyridine rings is 1. The molecule has 0 aliphatic heterocycles. The molecule has 0 bridgehead atoms. The molecule has 1 amide bonds. The average molecular weight is 420 g/mol. The molecule has 0 unspecified atom stereocenters. The number of amides is 1. The number of anilines is 2. The van der Waals surface area contributed by atoms with Crippen molar-refractivity contribution in [1.29, 1.82) is 0 Å². The van der Waals surface area contributed by atoms with Crippen LogP contribution in [-0.2, 0) is 19.3 Å². The number of carbonyl (C=O) groups excluding carboxylic acids is 1. The summed E-state index contributed by atoms with van der Waals surface area (Å²) in [7, 11) is 0. The number of benzene rings is 1. The van der Waals surface area contributed by atoms with Crippen LogP contribution in [0.5, 0.6) is 0 Å². The van der Waals surface area contributed by atoms with Crippen molar-refractivity contribution in [3.05, 3.63) is 49.9 Å². The topological polar surface area (TPSA) is 68.0 Å². The van der Waals surface area contributed by atoms with Crippen LogP contribution in [0.4, 0.5) is 11.4 Å². The first-order valence-electron chi connectivity index (χ1n) is 8.98. The zero-order chi connectivity index (χ0) is 19.1. The highest BCUT2D eigenvalue weighted by molar-refractivity contribution is 7.21. The standard InChI is InChI=1S/C20H19Cl2N3OS/c1-2-14-11-5-3-4-6-12(11)16-17(23)18(27-20(16)25-14)19(26)24-15-8-7-10(21)9-13(15)22/h7-9H,2-6,23H2,1H3,(H,24,26). The van der Waals surface area contributed by atoms with Crippen LogP contribution in [0.3, 0.4) is 0 Å². The number of hydrogen-bond donors (Lipinski definition) is 2. The van der Waals surface area contributed by atoms with E-state index >= 15 is 0 Å². The Morgan fingerprint density at radius 2 is 2.00 bits per heavy atom. The van der Waals surface area contributed by atoms with Crippen molar-refractivity contribution in [2.75, 3.05) is 11.1 Å². The fourth-order valence-electron chi connectivity index (χ4n) is 3.72. The predicted molar refractivity (Wildman–Crippen MR) is 114 cm³/mol. The van der Waals surface area contributed by atoms with Gasteiger partial charge in [-0.15, -0.1) is 11.3 Å². The molecular formula is C20H19Cl2N3OS. The Morgan fingerprint density at radius 3 is 2.70 bits per heavy atom. The highest BCUT2D eigenvalue weighted by Gasteiger charge is 2.25. The number of aryl methyl sites for hydroxylation is 2. The molecular weight excluding hydrogens is 401 g/mol. The minimum Gasteiger partial charge on any atom is -0.397 e. The summed E-state index contributed by atoms with van der Waals surface area (Å²) in [5, 5.41) is 4.70. The minimum absolute atomic E-state index is 0.276. The fourth-order valence-corrected chi connectivity index (χ4v) is 5.22. The summed E-state index contributed by atoms with van der Waals surface area (Å²) in [5.74, 6) is -0.276. The average Bonchev–Trinajstić information content (AvgIpc) is 3.00. The van der Waals surface area contributed by atoms with Crippen LogP contribution < -0.4 is 11.1 Å². The molecule has 0 saturated heterocycles. The lowest BCUT2D eigenvalue weighted by Crippen LogP contribution is -2.12. The maximum atomic E-state index is 12.9. The Balaban J connectivity index is 1.78. The van der Waals surface area contributed by atoms with E-state index in [1.165, 1.54) is 28.9 Å². The molecule has 0 atom stereocenters. The molecule has 3 N–H and O–H groups in total. The summed E-state index contributed by atoms with van der Waals surface area (Å²) >= 11 is 13.4. The first-order chi connectivity index (χ1) is 13.0. The molecule has 0 radical (unpaired) electrons. The van der Waals surface area contributed by atoms with Crippen molar-refractivity contribution >= 4 is 62.0 Å². The van der Waals surface area contributed by atoms with E-state index in [9.17, 15) is 4.79 Å². The second kappa shape index (κ2) is 7.30. The number of nitrogens with one attached hydrogen (secondary N) is 1. The van der Waals surface area contributed by atoms with E-state index in [1.807, 2.05) is 0 Å². The van der Waals surface area contributed by atoms with Crippen LogP contribution in [0, 0.1) is 0 Å². The van der Waals surface area contributed by atoms with Gasteiger partial charge >= 0.3 is 0 Å². The third-order valence-electron chi connectivity index (χ3n) is 5.00. The van der Waals surface area contributed by atoms with Gasteiger partial charge in [0.2, 0.25) is 0 Å². The normalized spacial score (nSPS) is 13.6. The van der Waals surface area contributed by atoms with Crippen LogP contribution in [0.1, 0.15) is 46.3 Å². The molecule has 3 aromatic rings. The summed E-state index contributed by atoms with van der Waals surface area (Å²) in [4.78, 5) is 19.0. The number of rotatable bonds is 3. The number of aromatic nitrogens is 1. The molecule has 140 valence electrons. The molecule has 1 aliphatic rings. The second-order valence-corrected chi connectivity index (χ2v) is 8.52.